The van der Waals surface area contributed by atoms with Gasteiger partial charge in [0.2, 0.25) is 5.91 Å². The molecular weight excluding hydrogens is 429 g/mol. The Labute approximate surface area is 159 Å². The number of carbonyl (C=O) groups is 1. The van der Waals surface area contributed by atoms with Gasteiger partial charge in [-0.05, 0) is 6.92 Å². The second-order valence-electron chi connectivity index (χ2n) is 5.06. The number of hydrogen-bond donors (Lipinski definition) is 1. The number of halogens is 1. The highest BCUT2D eigenvalue weighted by atomic mass is 127. The van der Waals surface area contributed by atoms with Gasteiger partial charge in [0.15, 0.2) is 5.96 Å². The molecule has 0 aromatic carbocycles. The van der Waals surface area contributed by atoms with Gasteiger partial charge in [-0.1, -0.05) is 0 Å². The van der Waals surface area contributed by atoms with E-state index in [0.717, 1.165) is 10.7 Å². The molecule has 1 heterocycles. The molecule has 1 aromatic heterocycles. The summed E-state index contributed by atoms with van der Waals surface area (Å²) in [6.07, 6.45) is 0. The predicted octanol–water partition coefficient (Wildman–Crippen LogP) is 1.18. The molecule has 1 rings (SSSR count). The first-order chi connectivity index (χ1) is 10.4. The monoisotopic (exact) mass is 455 g/mol. The second-order valence-corrected chi connectivity index (χ2v) is 6.12. The van der Waals surface area contributed by atoms with Gasteiger partial charge in [0, 0.05) is 40.2 Å². The molecule has 0 aliphatic carbocycles. The van der Waals surface area contributed by atoms with E-state index in [-0.39, 0.29) is 36.4 Å². The normalized spacial score (nSPS) is 10.9. The fourth-order valence-electron chi connectivity index (χ4n) is 1.66. The third-order valence-electron chi connectivity index (χ3n) is 2.88. The topological polar surface area (TPSA) is 70.1 Å². The van der Waals surface area contributed by atoms with Crippen LogP contribution in [0.3, 0.4) is 0 Å². The Morgan fingerprint density at radius 2 is 2.13 bits per heavy atom. The molecule has 1 aromatic rings. The second kappa shape index (κ2) is 11.6. The van der Waals surface area contributed by atoms with Gasteiger partial charge in [0.25, 0.3) is 0 Å². The van der Waals surface area contributed by atoms with Gasteiger partial charge in [-0.3, -0.25) is 4.79 Å². The standard InChI is InChI=1S/C14H25N5O2S.HI/c1-11-17-12(10-22-11)9-19(4)14(15-6-7-21-5)16-8-13(20)18(2)3;/h10H,6-9H2,1-5H3,(H,15,16);1H. The van der Waals surface area contributed by atoms with Gasteiger partial charge in [-0.2, -0.15) is 0 Å². The van der Waals surface area contributed by atoms with Crippen LogP contribution in [0.5, 0.6) is 0 Å². The van der Waals surface area contributed by atoms with Crippen LogP contribution in [0, 0.1) is 6.92 Å². The number of ether oxygens (including phenoxy) is 1. The van der Waals surface area contributed by atoms with Gasteiger partial charge in [0.05, 0.1) is 23.9 Å². The number of aromatic nitrogens is 1. The molecule has 0 saturated heterocycles. The summed E-state index contributed by atoms with van der Waals surface area (Å²) in [5.41, 5.74) is 0.991. The summed E-state index contributed by atoms with van der Waals surface area (Å²) >= 11 is 1.62. The molecular formula is C14H26IN5O2S. The molecule has 9 heteroatoms. The highest BCUT2D eigenvalue weighted by Crippen LogP contribution is 2.09. The maximum atomic E-state index is 11.7. The number of aryl methyl sites for hydroxylation is 1. The molecule has 0 aliphatic heterocycles. The van der Waals surface area contributed by atoms with Crippen molar-refractivity contribution in [2.75, 3.05) is 47.9 Å². The first-order valence-electron chi connectivity index (χ1n) is 7.03. The van der Waals surface area contributed by atoms with Gasteiger partial charge in [-0.25, -0.2) is 9.98 Å². The van der Waals surface area contributed by atoms with E-state index in [2.05, 4.69) is 15.3 Å². The van der Waals surface area contributed by atoms with E-state index in [0.29, 0.717) is 25.7 Å². The predicted molar refractivity (Wildman–Crippen MR) is 105 cm³/mol. The molecule has 0 bridgehead atoms. The van der Waals surface area contributed by atoms with Crippen LogP contribution in [0.4, 0.5) is 0 Å². The van der Waals surface area contributed by atoms with Gasteiger partial charge >= 0.3 is 0 Å². The van der Waals surface area contributed by atoms with Crippen molar-refractivity contribution in [1.29, 1.82) is 0 Å². The van der Waals surface area contributed by atoms with Crippen molar-refractivity contribution in [3.05, 3.63) is 16.1 Å². The van der Waals surface area contributed by atoms with E-state index in [9.17, 15) is 4.79 Å². The number of nitrogens with zero attached hydrogens (tertiary/aromatic N) is 4. The quantitative estimate of drug-likeness (QED) is 0.290. The molecule has 0 fully saturated rings. The van der Waals surface area contributed by atoms with E-state index in [1.54, 1.807) is 32.5 Å². The number of thiazole rings is 1. The summed E-state index contributed by atoms with van der Waals surface area (Å²) in [7, 11) is 7.01. The largest absolute Gasteiger partial charge is 0.383 e. The molecule has 7 nitrogen and oxygen atoms in total. The minimum Gasteiger partial charge on any atom is -0.383 e. The maximum Gasteiger partial charge on any atom is 0.243 e. The van der Waals surface area contributed by atoms with Gasteiger partial charge in [0.1, 0.15) is 6.54 Å². The van der Waals surface area contributed by atoms with Crippen LogP contribution >= 0.6 is 35.3 Å². The molecule has 0 aliphatic rings. The molecule has 1 N–H and O–H groups in total. The molecule has 0 spiro atoms. The summed E-state index contributed by atoms with van der Waals surface area (Å²) in [5, 5.41) is 6.27. The number of methoxy groups -OCH3 is 1. The molecule has 132 valence electrons. The number of guanidine groups is 1. The number of likely N-dealkylation sites (N-methyl/N-ethyl adjacent to an activating group) is 1. The molecule has 1 amide bonds. The average molecular weight is 455 g/mol. The smallest absolute Gasteiger partial charge is 0.243 e. The Balaban J connectivity index is 0.00000484. The Hall–Kier alpha value is -0.940. The zero-order chi connectivity index (χ0) is 16.5. The van der Waals surface area contributed by atoms with Crippen molar-refractivity contribution in [3.63, 3.8) is 0 Å². The zero-order valence-corrected chi connectivity index (χ0v) is 17.5. The van der Waals surface area contributed by atoms with E-state index >= 15 is 0 Å². The molecule has 0 saturated carbocycles. The van der Waals surface area contributed by atoms with Crippen molar-refractivity contribution in [2.45, 2.75) is 13.5 Å². The summed E-state index contributed by atoms with van der Waals surface area (Å²) < 4.78 is 5.04. The van der Waals surface area contributed by atoms with Crippen LogP contribution < -0.4 is 5.32 Å². The highest BCUT2D eigenvalue weighted by Gasteiger charge is 2.10. The SMILES string of the molecule is COCCNC(=NCC(=O)N(C)C)N(C)Cc1csc(C)n1.I. The van der Waals surface area contributed by atoms with Crippen LogP contribution in [-0.2, 0) is 16.1 Å². The van der Waals surface area contributed by atoms with E-state index in [1.807, 2.05) is 24.3 Å². The molecule has 0 atom stereocenters. The van der Waals surface area contributed by atoms with Crippen LogP contribution in [0.1, 0.15) is 10.7 Å². The van der Waals surface area contributed by atoms with Gasteiger partial charge in [-0.15, -0.1) is 35.3 Å². The fourth-order valence-corrected chi connectivity index (χ4v) is 2.26. The molecule has 23 heavy (non-hydrogen) atoms. The molecule has 0 radical (unpaired) electrons. The summed E-state index contributed by atoms with van der Waals surface area (Å²) in [6.45, 7) is 3.94. The molecule has 0 unspecified atom stereocenters. The summed E-state index contributed by atoms with van der Waals surface area (Å²) in [5.74, 6) is 0.627. The lowest BCUT2D eigenvalue weighted by atomic mass is 10.4. The number of carbonyl (C=O) groups excluding carboxylic acids is 1. The zero-order valence-electron chi connectivity index (χ0n) is 14.3. The first-order valence-corrected chi connectivity index (χ1v) is 7.91. The van der Waals surface area contributed by atoms with Crippen molar-refractivity contribution in [1.82, 2.24) is 20.1 Å². The lowest BCUT2D eigenvalue weighted by Gasteiger charge is -2.22. The highest BCUT2D eigenvalue weighted by molar-refractivity contribution is 14.0. The Kier molecular flexibility index (Phi) is 11.1. The first kappa shape index (κ1) is 22.1. The number of rotatable bonds is 7. The summed E-state index contributed by atoms with van der Waals surface area (Å²) in [4.78, 5) is 24.0. The third kappa shape index (κ3) is 8.47. The van der Waals surface area contributed by atoms with Crippen molar-refractivity contribution < 1.29 is 9.53 Å². The van der Waals surface area contributed by atoms with Gasteiger partial charge < -0.3 is 19.9 Å². The maximum absolute atomic E-state index is 11.7. The van der Waals surface area contributed by atoms with E-state index in [4.69, 9.17) is 4.74 Å². The van der Waals surface area contributed by atoms with E-state index < -0.39 is 0 Å². The van der Waals surface area contributed by atoms with Crippen LogP contribution in [0.15, 0.2) is 10.4 Å². The fraction of sp³-hybridized carbons (Fsp3) is 0.643. The third-order valence-corrected chi connectivity index (χ3v) is 3.70. The minimum absolute atomic E-state index is 0. The van der Waals surface area contributed by atoms with Crippen LogP contribution in [-0.4, -0.2) is 74.6 Å². The van der Waals surface area contributed by atoms with Crippen molar-refractivity contribution >= 4 is 47.2 Å². The average Bonchev–Trinajstić information content (AvgIpc) is 2.87. The van der Waals surface area contributed by atoms with Crippen LogP contribution in [0.2, 0.25) is 0 Å². The lowest BCUT2D eigenvalue weighted by molar-refractivity contribution is -0.127. The van der Waals surface area contributed by atoms with E-state index in [1.165, 1.54) is 4.90 Å². The van der Waals surface area contributed by atoms with Crippen molar-refractivity contribution in [3.8, 4) is 0 Å². The summed E-state index contributed by atoms with van der Waals surface area (Å²) in [6, 6.07) is 0. The number of hydrogen-bond acceptors (Lipinski definition) is 5. The number of amides is 1. The Bertz CT molecular complexity index is 507. The minimum atomic E-state index is -0.0380. The Morgan fingerprint density at radius 3 is 2.65 bits per heavy atom. The van der Waals surface area contributed by atoms with Crippen LogP contribution in [0.25, 0.3) is 0 Å². The number of nitrogens with one attached hydrogen (secondary N) is 1. The number of aliphatic imine (C=N–C) groups is 1. The Morgan fingerprint density at radius 1 is 1.43 bits per heavy atom. The lowest BCUT2D eigenvalue weighted by Crippen LogP contribution is -2.41. The van der Waals surface area contributed by atoms with Crippen molar-refractivity contribution in [2.24, 2.45) is 4.99 Å².